The van der Waals surface area contributed by atoms with Crippen LogP contribution in [-0.2, 0) is 14.6 Å². The first kappa shape index (κ1) is 13.2. The van der Waals surface area contributed by atoms with Crippen molar-refractivity contribution in [3.63, 3.8) is 0 Å². The van der Waals surface area contributed by atoms with Gasteiger partial charge in [0.1, 0.15) is 5.38 Å². The van der Waals surface area contributed by atoms with Gasteiger partial charge in [-0.05, 0) is 13.3 Å². The number of amides is 3. The van der Waals surface area contributed by atoms with E-state index in [1.807, 2.05) is 5.32 Å². The number of imide groups is 1. The highest BCUT2D eigenvalue weighted by molar-refractivity contribution is 7.91. The lowest BCUT2D eigenvalue weighted by Crippen LogP contribution is -2.46. The van der Waals surface area contributed by atoms with E-state index >= 15 is 0 Å². The summed E-state index contributed by atoms with van der Waals surface area (Å²) in [6, 6.07) is -1.14. The van der Waals surface area contributed by atoms with Crippen molar-refractivity contribution in [3.8, 4) is 0 Å². The summed E-state index contributed by atoms with van der Waals surface area (Å²) in [6.07, 6.45) is 0.375. The summed E-state index contributed by atoms with van der Waals surface area (Å²) in [7, 11) is -3.04. The zero-order valence-corrected chi connectivity index (χ0v) is 10.3. The topological polar surface area (TPSA) is 92.3 Å². The highest BCUT2D eigenvalue weighted by Gasteiger charge is 2.29. The Bertz CT molecular complexity index is 393. The van der Waals surface area contributed by atoms with Crippen molar-refractivity contribution in [1.82, 2.24) is 10.6 Å². The van der Waals surface area contributed by atoms with Crippen LogP contribution in [0.1, 0.15) is 13.3 Å². The van der Waals surface area contributed by atoms with Gasteiger partial charge in [-0.3, -0.25) is 10.1 Å². The number of rotatable bonds is 2. The molecular weight excluding hydrogens is 256 g/mol. The molecular formula is C8H13ClN2O4S. The van der Waals surface area contributed by atoms with Gasteiger partial charge in [0.2, 0.25) is 5.91 Å². The van der Waals surface area contributed by atoms with Gasteiger partial charge >= 0.3 is 6.03 Å². The van der Waals surface area contributed by atoms with E-state index in [1.165, 1.54) is 6.92 Å². The summed E-state index contributed by atoms with van der Waals surface area (Å²) in [5, 5.41) is 3.62. The minimum atomic E-state index is -3.04. The van der Waals surface area contributed by atoms with Gasteiger partial charge in [0.25, 0.3) is 0 Å². The summed E-state index contributed by atoms with van der Waals surface area (Å²) < 4.78 is 22.2. The molecule has 0 spiro atoms. The summed E-state index contributed by atoms with van der Waals surface area (Å²) >= 11 is 5.45. The summed E-state index contributed by atoms with van der Waals surface area (Å²) in [5.41, 5.74) is 0. The molecule has 6 nitrogen and oxygen atoms in total. The predicted molar refractivity (Wildman–Crippen MR) is 59.0 cm³/mol. The van der Waals surface area contributed by atoms with E-state index in [0.717, 1.165) is 0 Å². The van der Waals surface area contributed by atoms with Crippen molar-refractivity contribution in [1.29, 1.82) is 0 Å². The Balaban J connectivity index is 2.39. The largest absolute Gasteiger partial charge is 0.334 e. The van der Waals surface area contributed by atoms with E-state index in [2.05, 4.69) is 5.32 Å². The molecule has 1 rings (SSSR count). The molecule has 0 aliphatic carbocycles. The lowest BCUT2D eigenvalue weighted by Gasteiger charge is -2.11. The van der Waals surface area contributed by atoms with Crippen molar-refractivity contribution in [2.45, 2.75) is 24.8 Å². The number of hydrogen-bond acceptors (Lipinski definition) is 4. The molecule has 0 bridgehead atoms. The molecule has 0 unspecified atom stereocenters. The smallest absolute Gasteiger partial charge is 0.321 e. The number of nitrogens with one attached hydrogen (secondary N) is 2. The van der Waals surface area contributed by atoms with Gasteiger partial charge in [0.05, 0.1) is 11.5 Å². The number of carbonyl (C=O) groups excluding carboxylic acids is 2. The monoisotopic (exact) mass is 268 g/mol. The zero-order chi connectivity index (χ0) is 12.3. The fraction of sp³-hybridized carbons (Fsp3) is 0.750. The van der Waals surface area contributed by atoms with E-state index in [1.54, 1.807) is 0 Å². The molecule has 1 fully saturated rings. The van der Waals surface area contributed by atoms with Crippen LogP contribution in [0.25, 0.3) is 0 Å². The Morgan fingerprint density at radius 2 is 2.06 bits per heavy atom. The van der Waals surface area contributed by atoms with Gasteiger partial charge in [-0.2, -0.15) is 0 Å². The number of urea groups is 1. The molecule has 1 heterocycles. The van der Waals surface area contributed by atoms with Crippen LogP contribution in [-0.4, -0.2) is 43.3 Å². The normalized spacial score (nSPS) is 24.8. The number of hydrogen-bond donors (Lipinski definition) is 2. The summed E-state index contributed by atoms with van der Waals surface area (Å²) in [4.78, 5) is 22.3. The van der Waals surface area contributed by atoms with E-state index in [-0.39, 0.29) is 11.5 Å². The number of carbonyl (C=O) groups is 2. The maximum atomic E-state index is 11.2. The van der Waals surface area contributed by atoms with Crippen LogP contribution in [0.5, 0.6) is 0 Å². The van der Waals surface area contributed by atoms with Crippen molar-refractivity contribution >= 4 is 33.4 Å². The van der Waals surface area contributed by atoms with Crippen LogP contribution < -0.4 is 10.6 Å². The van der Waals surface area contributed by atoms with Crippen molar-refractivity contribution in [3.05, 3.63) is 0 Å². The molecule has 2 atom stereocenters. The molecule has 3 amide bonds. The van der Waals surface area contributed by atoms with Crippen LogP contribution in [0.2, 0.25) is 0 Å². The Morgan fingerprint density at radius 1 is 1.44 bits per heavy atom. The number of alkyl halides is 1. The first-order chi connectivity index (χ1) is 7.30. The van der Waals surface area contributed by atoms with Gasteiger partial charge < -0.3 is 5.32 Å². The lowest BCUT2D eigenvalue weighted by atomic mass is 10.3. The van der Waals surface area contributed by atoms with Crippen LogP contribution >= 0.6 is 11.6 Å². The molecule has 2 N–H and O–H groups in total. The second kappa shape index (κ2) is 5.01. The van der Waals surface area contributed by atoms with E-state index in [9.17, 15) is 18.0 Å². The second-order valence-corrected chi connectivity index (χ2v) is 6.56. The molecule has 0 saturated carbocycles. The SMILES string of the molecule is C[C@@H](Cl)C(=O)NC(=O)N[C@@H]1CCS(=O)(=O)C1. The standard InChI is InChI=1S/C8H13ClN2O4S/c1-5(9)7(12)11-8(13)10-6-2-3-16(14,15)4-6/h5-6H,2-4H2,1H3,(H2,10,11,12,13)/t5-,6-/m1/s1. The predicted octanol–water partition coefficient (Wildman–Crippen LogP) is -0.373. The van der Waals surface area contributed by atoms with Crippen LogP contribution in [0.15, 0.2) is 0 Å². The first-order valence-corrected chi connectivity index (χ1v) is 7.02. The minimum absolute atomic E-state index is 0.0673. The molecule has 0 aromatic rings. The van der Waals surface area contributed by atoms with Gasteiger partial charge in [-0.25, -0.2) is 13.2 Å². The molecule has 1 aliphatic rings. The first-order valence-electron chi connectivity index (χ1n) is 4.76. The van der Waals surface area contributed by atoms with Crippen molar-refractivity contribution in [2.24, 2.45) is 0 Å². The average Bonchev–Trinajstić information content (AvgIpc) is 2.44. The van der Waals surface area contributed by atoms with Gasteiger partial charge in [-0.1, -0.05) is 0 Å². The molecule has 1 saturated heterocycles. The van der Waals surface area contributed by atoms with E-state index in [4.69, 9.17) is 11.6 Å². The molecule has 1 aliphatic heterocycles. The van der Waals surface area contributed by atoms with Crippen molar-refractivity contribution in [2.75, 3.05) is 11.5 Å². The highest BCUT2D eigenvalue weighted by Crippen LogP contribution is 2.10. The Labute approximate surface area is 98.6 Å². The van der Waals surface area contributed by atoms with Crippen LogP contribution in [0.4, 0.5) is 4.79 Å². The van der Waals surface area contributed by atoms with Crippen molar-refractivity contribution < 1.29 is 18.0 Å². The Hall–Kier alpha value is -0.820. The van der Waals surface area contributed by atoms with Crippen LogP contribution in [0, 0.1) is 0 Å². The van der Waals surface area contributed by atoms with Crippen LogP contribution in [0.3, 0.4) is 0 Å². The second-order valence-electron chi connectivity index (χ2n) is 3.68. The zero-order valence-electron chi connectivity index (χ0n) is 8.70. The maximum Gasteiger partial charge on any atom is 0.321 e. The Kier molecular flexibility index (Phi) is 4.15. The van der Waals surface area contributed by atoms with Gasteiger partial charge in [-0.15, -0.1) is 11.6 Å². The highest BCUT2D eigenvalue weighted by atomic mass is 35.5. The quantitative estimate of drug-likeness (QED) is 0.668. The minimum Gasteiger partial charge on any atom is -0.334 e. The lowest BCUT2D eigenvalue weighted by molar-refractivity contribution is -0.119. The third-order valence-corrected chi connectivity index (χ3v) is 4.13. The molecule has 92 valence electrons. The Morgan fingerprint density at radius 3 is 2.50 bits per heavy atom. The fourth-order valence-electron chi connectivity index (χ4n) is 1.34. The maximum absolute atomic E-state index is 11.2. The summed E-state index contributed by atoms with van der Waals surface area (Å²) in [5.74, 6) is -0.622. The number of sulfone groups is 1. The molecule has 0 aromatic heterocycles. The summed E-state index contributed by atoms with van der Waals surface area (Å²) in [6.45, 7) is 1.43. The third-order valence-electron chi connectivity index (χ3n) is 2.17. The molecule has 0 radical (unpaired) electrons. The molecule has 0 aromatic carbocycles. The third kappa shape index (κ3) is 3.97. The molecule has 8 heteroatoms. The fourth-order valence-corrected chi connectivity index (χ4v) is 3.07. The van der Waals surface area contributed by atoms with Gasteiger partial charge in [0.15, 0.2) is 9.84 Å². The number of halogens is 1. The van der Waals surface area contributed by atoms with Gasteiger partial charge in [0, 0.05) is 6.04 Å². The van der Waals surface area contributed by atoms with E-state index in [0.29, 0.717) is 6.42 Å². The molecule has 16 heavy (non-hydrogen) atoms. The van der Waals surface area contributed by atoms with E-state index < -0.39 is 33.2 Å². The average molecular weight is 269 g/mol.